The average Bonchev–Trinajstić information content (AvgIpc) is 3.26. The van der Waals surface area contributed by atoms with E-state index in [1.54, 1.807) is 28.7 Å². The molecule has 4 rings (SSSR count). The van der Waals surface area contributed by atoms with E-state index in [1.807, 2.05) is 6.92 Å². The quantitative estimate of drug-likeness (QED) is 0.895. The van der Waals surface area contributed by atoms with Crippen molar-refractivity contribution < 1.29 is 9.59 Å². The highest BCUT2D eigenvalue weighted by Gasteiger charge is 2.50. The SMILES string of the molecule is Cc1nccc(N2CCC3(CCCC(NC(=O)c4nccs4)C3)C2=O)n1. The lowest BCUT2D eigenvalue weighted by Gasteiger charge is -2.36. The van der Waals surface area contributed by atoms with Crippen LogP contribution >= 0.6 is 11.3 Å². The molecular formula is C18H21N5O2S. The molecule has 136 valence electrons. The van der Waals surface area contributed by atoms with Crippen molar-refractivity contribution >= 4 is 29.0 Å². The van der Waals surface area contributed by atoms with E-state index in [4.69, 9.17) is 0 Å². The van der Waals surface area contributed by atoms with Gasteiger partial charge in [0.2, 0.25) is 5.91 Å². The lowest BCUT2D eigenvalue weighted by atomic mass is 9.71. The van der Waals surface area contributed by atoms with Crippen molar-refractivity contribution in [2.24, 2.45) is 5.41 Å². The predicted molar refractivity (Wildman–Crippen MR) is 98.0 cm³/mol. The molecule has 0 aromatic carbocycles. The van der Waals surface area contributed by atoms with Gasteiger partial charge < -0.3 is 5.32 Å². The Kier molecular flexibility index (Phi) is 4.44. The second kappa shape index (κ2) is 6.75. The molecule has 7 nitrogen and oxygen atoms in total. The first kappa shape index (κ1) is 17.1. The zero-order valence-corrected chi connectivity index (χ0v) is 15.5. The fourth-order valence-corrected chi connectivity index (χ4v) is 4.66. The average molecular weight is 371 g/mol. The Morgan fingerprint density at radius 1 is 1.35 bits per heavy atom. The molecule has 2 aliphatic rings. The van der Waals surface area contributed by atoms with Crippen molar-refractivity contribution in [1.29, 1.82) is 0 Å². The molecule has 2 aromatic heterocycles. The third kappa shape index (κ3) is 3.09. The summed E-state index contributed by atoms with van der Waals surface area (Å²) in [5.74, 6) is 1.32. The minimum atomic E-state index is -0.391. The Morgan fingerprint density at radius 2 is 2.23 bits per heavy atom. The van der Waals surface area contributed by atoms with Gasteiger partial charge in [-0.15, -0.1) is 11.3 Å². The second-order valence-electron chi connectivity index (χ2n) is 7.05. The molecular weight excluding hydrogens is 350 g/mol. The standard InChI is InChI=1S/C18H21N5O2S/c1-12-19-7-4-14(21-12)23-9-6-18(17(23)25)5-2-3-13(11-18)22-15(24)16-20-8-10-26-16/h4,7-8,10,13H,2-3,5-6,9,11H2,1H3,(H,22,24). The van der Waals surface area contributed by atoms with Gasteiger partial charge >= 0.3 is 0 Å². The number of amides is 2. The molecule has 2 amide bonds. The molecule has 1 saturated carbocycles. The molecule has 1 saturated heterocycles. The van der Waals surface area contributed by atoms with E-state index in [1.165, 1.54) is 11.3 Å². The third-order valence-electron chi connectivity index (χ3n) is 5.36. The summed E-state index contributed by atoms with van der Waals surface area (Å²) in [7, 11) is 0. The summed E-state index contributed by atoms with van der Waals surface area (Å²) in [6.07, 6.45) is 7.51. The molecule has 2 atom stereocenters. The van der Waals surface area contributed by atoms with Gasteiger partial charge in [-0.3, -0.25) is 14.5 Å². The molecule has 0 radical (unpaired) electrons. The first-order valence-corrected chi connectivity index (χ1v) is 9.77. The zero-order valence-electron chi connectivity index (χ0n) is 14.6. The Labute approximate surface area is 155 Å². The summed E-state index contributed by atoms with van der Waals surface area (Å²) in [5, 5.41) is 5.33. The molecule has 1 N–H and O–H groups in total. The summed E-state index contributed by atoms with van der Waals surface area (Å²) < 4.78 is 0. The van der Waals surface area contributed by atoms with Crippen molar-refractivity contribution in [3.8, 4) is 0 Å². The van der Waals surface area contributed by atoms with Gasteiger partial charge in [-0.25, -0.2) is 15.0 Å². The van der Waals surface area contributed by atoms with E-state index in [-0.39, 0.29) is 17.9 Å². The number of aryl methyl sites for hydroxylation is 1. The van der Waals surface area contributed by atoms with Crippen LogP contribution < -0.4 is 10.2 Å². The van der Waals surface area contributed by atoms with E-state index in [0.717, 1.165) is 25.7 Å². The van der Waals surface area contributed by atoms with Crippen LogP contribution in [-0.2, 0) is 4.79 Å². The number of anilines is 1. The van der Waals surface area contributed by atoms with Gasteiger partial charge in [-0.1, -0.05) is 6.42 Å². The maximum Gasteiger partial charge on any atom is 0.280 e. The fourth-order valence-electron chi connectivity index (χ4n) is 4.12. The molecule has 1 spiro atoms. The highest BCUT2D eigenvalue weighted by molar-refractivity contribution is 7.11. The third-order valence-corrected chi connectivity index (χ3v) is 6.13. The van der Waals surface area contributed by atoms with Crippen LogP contribution in [0, 0.1) is 12.3 Å². The molecule has 3 heterocycles. The van der Waals surface area contributed by atoms with Crippen LogP contribution in [0.25, 0.3) is 0 Å². The first-order valence-electron chi connectivity index (χ1n) is 8.89. The van der Waals surface area contributed by atoms with Crippen LogP contribution in [0.2, 0.25) is 0 Å². The number of rotatable bonds is 3. The number of carbonyl (C=O) groups excluding carboxylic acids is 2. The van der Waals surface area contributed by atoms with Crippen molar-refractivity contribution in [1.82, 2.24) is 20.3 Å². The van der Waals surface area contributed by atoms with Gasteiger partial charge in [0.1, 0.15) is 11.6 Å². The second-order valence-corrected chi connectivity index (χ2v) is 7.95. The van der Waals surface area contributed by atoms with Crippen molar-refractivity contribution in [2.45, 2.75) is 45.1 Å². The summed E-state index contributed by atoms with van der Waals surface area (Å²) in [5.41, 5.74) is -0.391. The normalized spacial score (nSPS) is 25.7. The molecule has 8 heteroatoms. The largest absolute Gasteiger partial charge is 0.347 e. The molecule has 2 aromatic rings. The topological polar surface area (TPSA) is 88.1 Å². The van der Waals surface area contributed by atoms with E-state index in [2.05, 4.69) is 20.3 Å². The van der Waals surface area contributed by atoms with Crippen LogP contribution in [-0.4, -0.2) is 39.4 Å². The van der Waals surface area contributed by atoms with Crippen molar-refractivity contribution in [3.05, 3.63) is 34.7 Å². The van der Waals surface area contributed by atoms with Gasteiger partial charge in [0.25, 0.3) is 5.91 Å². The monoisotopic (exact) mass is 371 g/mol. The van der Waals surface area contributed by atoms with Crippen LogP contribution in [0.3, 0.4) is 0 Å². The van der Waals surface area contributed by atoms with Gasteiger partial charge in [-0.05, 0) is 38.7 Å². The summed E-state index contributed by atoms with van der Waals surface area (Å²) >= 11 is 1.33. The Morgan fingerprint density at radius 3 is 3.00 bits per heavy atom. The predicted octanol–water partition coefficient (Wildman–Crippen LogP) is 2.34. The number of hydrogen-bond acceptors (Lipinski definition) is 6. The van der Waals surface area contributed by atoms with E-state index in [0.29, 0.717) is 29.6 Å². The molecule has 1 aliphatic carbocycles. The molecule has 2 fully saturated rings. The maximum atomic E-state index is 13.2. The Balaban J connectivity index is 1.48. The van der Waals surface area contributed by atoms with Crippen LogP contribution in [0.4, 0.5) is 5.82 Å². The van der Waals surface area contributed by atoms with Gasteiger partial charge in [0.05, 0.1) is 5.41 Å². The van der Waals surface area contributed by atoms with Gasteiger partial charge in [-0.2, -0.15) is 0 Å². The highest BCUT2D eigenvalue weighted by atomic mass is 32.1. The van der Waals surface area contributed by atoms with E-state index >= 15 is 0 Å². The lowest BCUT2D eigenvalue weighted by molar-refractivity contribution is -0.127. The minimum absolute atomic E-state index is 0.0104. The number of carbonyl (C=O) groups is 2. The lowest BCUT2D eigenvalue weighted by Crippen LogP contribution is -2.46. The minimum Gasteiger partial charge on any atom is -0.347 e. The first-order chi connectivity index (χ1) is 12.6. The maximum absolute atomic E-state index is 13.2. The van der Waals surface area contributed by atoms with Gasteiger partial charge in [0.15, 0.2) is 5.01 Å². The van der Waals surface area contributed by atoms with Crippen LogP contribution in [0.1, 0.15) is 47.7 Å². The molecule has 2 unspecified atom stereocenters. The zero-order chi connectivity index (χ0) is 18.1. The van der Waals surface area contributed by atoms with E-state index in [9.17, 15) is 9.59 Å². The Hall–Kier alpha value is -2.35. The number of nitrogens with one attached hydrogen (secondary N) is 1. The summed E-state index contributed by atoms with van der Waals surface area (Å²) in [6, 6.07) is 1.80. The van der Waals surface area contributed by atoms with E-state index < -0.39 is 5.41 Å². The van der Waals surface area contributed by atoms with Crippen molar-refractivity contribution in [3.63, 3.8) is 0 Å². The van der Waals surface area contributed by atoms with Crippen LogP contribution in [0.5, 0.6) is 0 Å². The summed E-state index contributed by atoms with van der Waals surface area (Å²) in [4.78, 5) is 39.9. The summed E-state index contributed by atoms with van der Waals surface area (Å²) in [6.45, 7) is 2.49. The molecule has 26 heavy (non-hydrogen) atoms. The fraction of sp³-hybridized carbons (Fsp3) is 0.500. The van der Waals surface area contributed by atoms with Gasteiger partial charge in [0, 0.05) is 30.4 Å². The number of thiazole rings is 1. The number of aromatic nitrogens is 3. The van der Waals surface area contributed by atoms with Crippen molar-refractivity contribution in [2.75, 3.05) is 11.4 Å². The molecule has 1 aliphatic heterocycles. The van der Waals surface area contributed by atoms with Crippen LogP contribution in [0.15, 0.2) is 23.8 Å². The highest BCUT2D eigenvalue weighted by Crippen LogP contribution is 2.45. The number of hydrogen-bond donors (Lipinski definition) is 1. The molecule has 0 bridgehead atoms. The Bertz CT molecular complexity index is 825. The number of nitrogens with zero attached hydrogens (tertiary/aromatic N) is 4. The smallest absolute Gasteiger partial charge is 0.280 e.